The molecule has 0 aliphatic rings. The molecule has 2 heterocycles. The van der Waals surface area contributed by atoms with Crippen molar-refractivity contribution in [3.63, 3.8) is 0 Å². The maximum atomic E-state index is 13.1. The van der Waals surface area contributed by atoms with Crippen LogP contribution in [0.25, 0.3) is 0 Å². The normalized spacial score (nSPS) is 10.7. The van der Waals surface area contributed by atoms with Crippen LogP contribution in [0, 0.1) is 0 Å². The van der Waals surface area contributed by atoms with Crippen molar-refractivity contribution >= 4 is 46.4 Å². The zero-order valence-electron chi connectivity index (χ0n) is 18.3. The molecule has 36 heavy (non-hydrogen) atoms. The number of benzene rings is 2. The lowest BCUT2D eigenvalue weighted by molar-refractivity contribution is -0.118. The van der Waals surface area contributed by atoms with Gasteiger partial charge in [-0.05, 0) is 42.0 Å². The van der Waals surface area contributed by atoms with E-state index in [2.05, 4.69) is 15.3 Å². The van der Waals surface area contributed by atoms with E-state index in [1.54, 1.807) is 48.5 Å². The topological polar surface area (TPSA) is 171 Å². The molecule has 0 radical (unpaired) electrons. The van der Waals surface area contributed by atoms with Crippen molar-refractivity contribution in [1.82, 2.24) is 19.1 Å². The van der Waals surface area contributed by atoms with Crippen molar-refractivity contribution in [2.24, 2.45) is 5.73 Å². The van der Waals surface area contributed by atoms with E-state index in [0.717, 1.165) is 11.3 Å². The highest BCUT2D eigenvalue weighted by Crippen LogP contribution is 2.28. The number of thiazole rings is 1. The molecule has 0 atom stereocenters. The summed E-state index contributed by atoms with van der Waals surface area (Å²) in [6, 6.07) is 13.1. The van der Waals surface area contributed by atoms with Gasteiger partial charge in [0.05, 0.1) is 12.7 Å². The molecule has 0 unspecified atom stereocenters. The lowest BCUT2D eigenvalue weighted by Crippen LogP contribution is -2.45. The molecule has 184 valence electrons. The molecule has 4 aromatic rings. The zero-order valence-corrected chi connectivity index (χ0v) is 19.8. The predicted octanol–water partition coefficient (Wildman–Crippen LogP) is 2.28. The number of carboxylic acids is 1. The van der Waals surface area contributed by atoms with E-state index in [9.17, 15) is 19.2 Å². The molecule has 0 saturated heterocycles. The first-order valence-corrected chi connectivity index (χ1v) is 11.4. The van der Waals surface area contributed by atoms with Crippen molar-refractivity contribution in [2.75, 3.05) is 5.32 Å². The summed E-state index contributed by atoms with van der Waals surface area (Å²) in [6.07, 6.45) is 1.20. The summed E-state index contributed by atoms with van der Waals surface area (Å²) in [5.74, 6) is -1.63. The van der Waals surface area contributed by atoms with E-state index in [1.165, 1.54) is 10.8 Å². The molecule has 14 heteroatoms. The standard InChI is InChI=1S/C22H17ClN6O6S/c23-13-3-1-12(2-4-13)10-28-19(27-20(33)29(22(28)34)11-17(24)30)26-14-5-7-15(8-6-14)35-21-25-9-16(36-21)18(31)32/h1-9H,10-11H2,(H2,24,30)(H,31,32)(H,26,27,33). The minimum absolute atomic E-state index is 0.0293. The second-order valence-electron chi connectivity index (χ2n) is 7.31. The van der Waals surface area contributed by atoms with Crippen LogP contribution in [0.4, 0.5) is 11.6 Å². The molecule has 2 aromatic carbocycles. The Morgan fingerprint density at radius 3 is 2.39 bits per heavy atom. The minimum Gasteiger partial charge on any atom is -0.477 e. The molecule has 1 amide bonds. The number of nitrogens with two attached hydrogens (primary N) is 1. The summed E-state index contributed by atoms with van der Waals surface area (Å²) in [5.41, 5.74) is 4.63. The van der Waals surface area contributed by atoms with Crippen LogP contribution in [0.15, 0.2) is 64.3 Å². The Balaban J connectivity index is 1.62. The van der Waals surface area contributed by atoms with Crippen LogP contribution in [0.3, 0.4) is 0 Å². The third-order valence-electron chi connectivity index (χ3n) is 4.73. The fourth-order valence-corrected chi connectivity index (χ4v) is 3.82. The van der Waals surface area contributed by atoms with Crippen molar-refractivity contribution < 1.29 is 19.4 Å². The van der Waals surface area contributed by atoms with Gasteiger partial charge in [0.2, 0.25) is 11.9 Å². The molecule has 4 rings (SSSR count). The summed E-state index contributed by atoms with van der Waals surface area (Å²) in [7, 11) is 0. The Morgan fingerprint density at radius 1 is 1.08 bits per heavy atom. The van der Waals surface area contributed by atoms with Crippen molar-refractivity contribution in [2.45, 2.75) is 13.1 Å². The second-order valence-corrected chi connectivity index (χ2v) is 8.74. The van der Waals surface area contributed by atoms with Crippen LogP contribution in [-0.2, 0) is 17.9 Å². The van der Waals surface area contributed by atoms with E-state index in [4.69, 9.17) is 27.2 Å². The van der Waals surface area contributed by atoms with Crippen LogP contribution in [0.1, 0.15) is 15.2 Å². The molecular weight excluding hydrogens is 512 g/mol. The third-order valence-corrected chi connectivity index (χ3v) is 5.84. The van der Waals surface area contributed by atoms with Gasteiger partial charge in [-0.1, -0.05) is 35.1 Å². The maximum absolute atomic E-state index is 13.1. The summed E-state index contributed by atoms with van der Waals surface area (Å²) in [4.78, 5) is 55.7. The number of halogens is 1. The number of carboxylic acid groups (broad SMARTS) is 1. The number of anilines is 2. The smallest absolute Gasteiger partial charge is 0.355 e. The molecule has 0 spiro atoms. The van der Waals surface area contributed by atoms with Gasteiger partial charge in [-0.15, -0.1) is 0 Å². The summed E-state index contributed by atoms with van der Waals surface area (Å²) in [5, 5.41) is 12.6. The monoisotopic (exact) mass is 528 g/mol. The molecule has 0 saturated carbocycles. The number of nitrogens with one attached hydrogen (secondary N) is 1. The van der Waals surface area contributed by atoms with Crippen LogP contribution in [-0.4, -0.2) is 36.1 Å². The predicted molar refractivity (Wildman–Crippen MR) is 131 cm³/mol. The number of rotatable bonds is 9. The van der Waals surface area contributed by atoms with E-state index in [0.29, 0.717) is 26.6 Å². The quantitative estimate of drug-likeness (QED) is 0.294. The molecular formula is C22H17ClN6O6S. The van der Waals surface area contributed by atoms with Gasteiger partial charge in [0.25, 0.3) is 5.19 Å². The first kappa shape index (κ1) is 24.6. The molecule has 0 aliphatic carbocycles. The highest BCUT2D eigenvalue weighted by atomic mass is 35.5. The van der Waals surface area contributed by atoms with Gasteiger partial charge in [0, 0.05) is 10.7 Å². The highest BCUT2D eigenvalue weighted by molar-refractivity contribution is 7.15. The number of carbonyl (C=O) groups excluding carboxylic acids is 1. The second kappa shape index (κ2) is 10.4. The Kier molecular flexibility index (Phi) is 7.12. The highest BCUT2D eigenvalue weighted by Gasteiger charge is 2.16. The van der Waals surface area contributed by atoms with Crippen LogP contribution >= 0.6 is 22.9 Å². The molecule has 0 bridgehead atoms. The van der Waals surface area contributed by atoms with Gasteiger partial charge < -0.3 is 20.9 Å². The third kappa shape index (κ3) is 5.76. The fraction of sp³-hybridized carbons (Fsp3) is 0.0909. The number of aromatic nitrogens is 4. The molecule has 4 N–H and O–H groups in total. The molecule has 2 aromatic heterocycles. The largest absolute Gasteiger partial charge is 0.477 e. The Morgan fingerprint density at radius 2 is 1.78 bits per heavy atom. The average Bonchev–Trinajstić information content (AvgIpc) is 3.30. The number of ether oxygens (including phenoxy) is 1. The first-order valence-electron chi connectivity index (χ1n) is 10.2. The number of primary amides is 1. The van der Waals surface area contributed by atoms with Crippen LogP contribution in [0.2, 0.25) is 5.02 Å². The van der Waals surface area contributed by atoms with E-state index in [-0.39, 0.29) is 22.6 Å². The number of hydrogen-bond donors (Lipinski definition) is 3. The Hall–Kier alpha value is -4.49. The van der Waals surface area contributed by atoms with Gasteiger partial charge in [-0.25, -0.2) is 23.9 Å². The number of carbonyl (C=O) groups is 2. The SMILES string of the molecule is NC(=O)Cn1c(=O)nc(Nc2ccc(Oc3ncc(C(=O)O)s3)cc2)n(Cc2ccc(Cl)cc2)c1=O. The lowest BCUT2D eigenvalue weighted by Gasteiger charge is -2.15. The van der Waals surface area contributed by atoms with Gasteiger partial charge in [0.15, 0.2) is 0 Å². The van der Waals surface area contributed by atoms with Gasteiger partial charge >= 0.3 is 17.3 Å². The summed E-state index contributed by atoms with van der Waals surface area (Å²) in [6.45, 7) is -0.584. The molecule has 0 fully saturated rings. The number of hydrogen-bond acceptors (Lipinski definition) is 9. The zero-order chi connectivity index (χ0) is 25.8. The minimum atomic E-state index is -1.10. The number of aromatic carboxylic acids is 1. The van der Waals surface area contributed by atoms with E-state index in [1.807, 2.05) is 0 Å². The van der Waals surface area contributed by atoms with Crippen molar-refractivity contribution in [3.05, 3.63) is 91.2 Å². The summed E-state index contributed by atoms with van der Waals surface area (Å²) < 4.78 is 7.40. The molecule has 0 aliphatic heterocycles. The van der Waals surface area contributed by atoms with Crippen molar-refractivity contribution in [1.29, 1.82) is 0 Å². The number of nitrogens with zero attached hydrogens (tertiary/aromatic N) is 4. The van der Waals surface area contributed by atoms with Gasteiger partial charge in [-0.3, -0.25) is 9.36 Å². The fourth-order valence-electron chi connectivity index (χ4n) is 3.07. The van der Waals surface area contributed by atoms with E-state index < -0.39 is 29.8 Å². The molecule has 12 nitrogen and oxygen atoms in total. The summed E-state index contributed by atoms with van der Waals surface area (Å²) >= 11 is 6.82. The van der Waals surface area contributed by atoms with Crippen LogP contribution < -0.4 is 27.2 Å². The van der Waals surface area contributed by atoms with Crippen LogP contribution in [0.5, 0.6) is 10.9 Å². The maximum Gasteiger partial charge on any atom is 0.355 e. The Labute approximate surface area is 211 Å². The lowest BCUT2D eigenvalue weighted by atomic mass is 10.2. The van der Waals surface area contributed by atoms with Gasteiger partial charge in [-0.2, -0.15) is 4.98 Å². The first-order chi connectivity index (χ1) is 17.2. The van der Waals surface area contributed by atoms with Crippen molar-refractivity contribution in [3.8, 4) is 10.9 Å². The number of amides is 1. The average molecular weight is 529 g/mol. The van der Waals surface area contributed by atoms with Gasteiger partial charge in [0.1, 0.15) is 17.2 Å². The van der Waals surface area contributed by atoms with E-state index >= 15 is 0 Å². The Bertz CT molecular complexity index is 1550.